The Hall–Kier alpha value is -0.460. The van der Waals surface area contributed by atoms with Crippen molar-refractivity contribution >= 4 is 17.0 Å². The van der Waals surface area contributed by atoms with E-state index in [4.69, 9.17) is 4.79 Å². The van der Waals surface area contributed by atoms with Gasteiger partial charge in [0.15, 0.2) is 0 Å². The van der Waals surface area contributed by atoms with Gasteiger partial charge < -0.3 is 4.79 Å². The minimum Gasteiger partial charge on any atom is -0.307 e. The van der Waals surface area contributed by atoms with Crippen LogP contribution in [0.15, 0.2) is 0 Å². The van der Waals surface area contributed by atoms with Gasteiger partial charge in [0, 0.05) is 6.54 Å². The molecule has 0 aromatic rings. The standard InChI is InChI=1S/C5H14N2O2S.CH2O/c1-2-3-4-5-7-10(6,8)9;1-2/h7H,2-5H2,1H3,(H2,6,8,9);1H2. The van der Waals surface area contributed by atoms with E-state index in [1.165, 1.54) is 0 Å². The third kappa shape index (κ3) is 16.3. The first-order valence-corrected chi connectivity index (χ1v) is 5.17. The average molecular weight is 196 g/mol. The van der Waals surface area contributed by atoms with Crippen LogP contribution in [0, 0.1) is 0 Å². The molecule has 0 aliphatic heterocycles. The average Bonchev–Trinajstić information content (AvgIpc) is 2.01. The van der Waals surface area contributed by atoms with E-state index in [9.17, 15) is 8.42 Å². The summed E-state index contributed by atoms with van der Waals surface area (Å²) in [6.07, 6.45) is 2.96. The number of nitrogens with one attached hydrogen (secondary N) is 1. The lowest BCUT2D eigenvalue weighted by Gasteiger charge is -1.98. The first-order chi connectivity index (χ1) is 5.56. The molecule has 0 aliphatic rings. The summed E-state index contributed by atoms with van der Waals surface area (Å²) in [5, 5.41) is 4.68. The molecule has 0 unspecified atom stereocenters. The van der Waals surface area contributed by atoms with Gasteiger partial charge in [-0.15, -0.1) is 0 Å². The maximum atomic E-state index is 10.3. The Labute approximate surface area is 73.5 Å². The number of rotatable bonds is 5. The maximum absolute atomic E-state index is 10.3. The molecule has 74 valence electrons. The number of nitrogens with two attached hydrogens (primary N) is 1. The van der Waals surface area contributed by atoms with Crippen LogP contribution in [0.4, 0.5) is 0 Å². The maximum Gasteiger partial charge on any atom is 0.274 e. The Bertz CT molecular complexity index is 179. The highest BCUT2D eigenvalue weighted by atomic mass is 32.2. The molecule has 0 aliphatic carbocycles. The fourth-order valence-electron chi connectivity index (χ4n) is 0.589. The zero-order valence-electron chi connectivity index (χ0n) is 7.25. The van der Waals surface area contributed by atoms with Crippen molar-refractivity contribution in [1.29, 1.82) is 0 Å². The number of carbonyl (C=O) groups excluding carboxylic acids is 1. The van der Waals surface area contributed by atoms with Crippen LogP contribution in [0.25, 0.3) is 0 Å². The molecule has 12 heavy (non-hydrogen) atoms. The van der Waals surface area contributed by atoms with Crippen molar-refractivity contribution in [2.75, 3.05) is 6.54 Å². The normalized spacial score (nSPS) is 10.2. The molecule has 0 rings (SSSR count). The monoisotopic (exact) mass is 196 g/mol. The van der Waals surface area contributed by atoms with Crippen LogP contribution in [0.3, 0.4) is 0 Å². The van der Waals surface area contributed by atoms with Crippen molar-refractivity contribution in [3.63, 3.8) is 0 Å². The second-order valence-electron chi connectivity index (χ2n) is 2.15. The summed E-state index contributed by atoms with van der Waals surface area (Å²) in [5.41, 5.74) is 0. The van der Waals surface area contributed by atoms with E-state index in [1.807, 2.05) is 6.79 Å². The summed E-state index contributed by atoms with van der Waals surface area (Å²) in [6, 6.07) is 0. The highest BCUT2D eigenvalue weighted by molar-refractivity contribution is 7.87. The Morgan fingerprint density at radius 2 is 1.83 bits per heavy atom. The van der Waals surface area contributed by atoms with Gasteiger partial charge in [0.1, 0.15) is 6.79 Å². The highest BCUT2D eigenvalue weighted by Crippen LogP contribution is 1.90. The molecule has 0 heterocycles. The van der Waals surface area contributed by atoms with Crippen LogP contribution < -0.4 is 9.86 Å². The Balaban J connectivity index is 0. The van der Waals surface area contributed by atoms with Gasteiger partial charge in [0.2, 0.25) is 0 Å². The largest absolute Gasteiger partial charge is 0.307 e. The van der Waals surface area contributed by atoms with Crippen LogP contribution >= 0.6 is 0 Å². The van der Waals surface area contributed by atoms with Crippen LogP contribution in [-0.4, -0.2) is 21.8 Å². The summed E-state index contributed by atoms with van der Waals surface area (Å²) in [5.74, 6) is 0. The van der Waals surface area contributed by atoms with E-state index >= 15 is 0 Å². The minimum absolute atomic E-state index is 0.451. The molecule has 5 nitrogen and oxygen atoms in total. The second kappa shape index (κ2) is 8.63. The summed E-state index contributed by atoms with van der Waals surface area (Å²) in [6.45, 7) is 4.50. The van der Waals surface area contributed by atoms with Crippen LogP contribution in [0.1, 0.15) is 26.2 Å². The molecule has 0 saturated carbocycles. The highest BCUT2D eigenvalue weighted by Gasteiger charge is 1.97. The quantitative estimate of drug-likeness (QED) is 0.596. The van der Waals surface area contributed by atoms with Gasteiger partial charge in [-0.2, -0.15) is 8.42 Å². The molecule has 0 amide bonds. The fourth-order valence-corrected chi connectivity index (χ4v) is 1.02. The van der Waals surface area contributed by atoms with Crippen molar-refractivity contribution in [1.82, 2.24) is 4.72 Å². The topological polar surface area (TPSA) is 89.3 Å². The van der Waals surface area contributed by atoms with Gasteiger partial charge in [-0.05, 0) is 6.42 Å². The van der Waals surface area contributed by atoms with E-state index in [0.29, 0.717) is 6.54 Å². The SMILES string of the molecule is C=O.CCCCCNS(N)(=O)=O. The van der Waals surface area contributed by atoms with Crippen LogP contribution in [-0.2, 0) is 15.0 Å². The second-order valence-corrected chi connectivity index (χ2v) is 3.53. The molecule has 0 bridgehead atoms. The van der Waals surface area contributed by atoms with Gasteiger partial charge >= 0.3 is 0 Å². The predicted molar refractivity (Wildman–Crippen MR) is 47.8 cm³/mol. The molecule has 0 aromatic carbocycles. The smallest absolute Gasteiger partial charge is 0.274 e. The van der Waals surface area contributed by atoms with Crippen molar-refractivity contribution in [2.24, 2.45) is 5.14 Å². The molecule has 6 heteroatoms. The predicted octanol–water partition coefficient (Wildman–Crippen LogP) is -0.215. The van der Waals surface area contributed by atoms with Crippen LogP contribution in [0.2, 0.25) is 0 Å². The summed E-state index contributed by atoms with van der Waals surface area (Å²) < 4.78 is 22.7. The summed E-state index contributed by atoms with van der Waals surface area (Å²) >= 11 is 0. The molecule has 0 aromatic heterocycles. The van der Waals surface area contributed by atoms with Gasteiger partial charge in [0.25, 0.3) is 10.2 Å². The first-order valence-electron chi connectivity index (χ1n) is 3.62. The van der Waals surface area contributed by atoms with E-state index in [-0.39, 0.29) is 0 Å². The van der Waals surface area contributed by atoms with Gasteiger partial charge in [-0.1, -0.05) is 19.8 Å². The Kier molecular flexibility index (Phi) is 10.1. The zero-order valence-corrected chi connectivity index (χ0v) is 8.06. The van der Waals surface area contributed by atoms with Crippen molar-refractivity contribution in [3.8, 4) is 0 Å². The van der Waals surface area contributed by atoms with E-state index in [2.05, 4.69) is 16.8 Å². The fraction of sp³-hybridized carbons (Fsp3) is 0.833. The number of hydrogen-bond donors (Lipinski definition) is 2. The lowest BCUT2D eigenvalue weighted by Crippen LogP contribution is -2.31. The van der Waals surface area contributed by atoms with Gasteiger partial charge in [-0.3, -0.25) is 0 Å². The van der Waals surface area contributed by atoms with Crippen LogP contribution in [0.5, 0.6) is 0 Å². The number of carbonyl (C=O) groups is 1. The molecule has 0 saturated heterocycles. The Morgan fingerprint density at radius 1 is 1.33 bits per heavy atom. The first kappa shape index (κ1) is 14.1. The molecule has 3 N–H and O–H groups in total. The van der Waals surface area contributed by atoms with Crippen molar-refractivity contribution in [2.45, 2.75) is 26.2 Å². The lowest BCUT2D eigenvalue weighted by atomic mass is 10.3. The van der Waals surface area contributed by atoms with Crippen molar-refractivity contribution in [3.05, 3.63) is 0 Å². The zero-order chi connectivity index (χ0) is 10.0. The molecule has 0 spiro atoms. The van der Waals surface area contributed by atoms with Crippen molar-refractivity contribution < 1.29 is 13.2 Å². The van der Waals surface area contributed by atoms with Gasteiger partial charge in [0.05, 0.1) is 0 Å². The molecular formula is C6H16N2O3S. The minimum atomic E-state index is -3.45. The van der Waals surface area contributed by atoms with E-state index in [0.717, 1.165) is 19.3 Å². The lowest BCUT2D eigenvalue weighted by molar-refractivity contribution is -0.0979. The number of hydrogen-bond acceptors (Lipinski definition) is 3. The summed E-state index contributed by atoms with van der Waals surface area (Å²) in [4.78, 5) is 8.00. The van der Waals surface area contributed by atoms with E-state index in [1.54, 1.807) is 0 Å². The van der Waals surface area contributed by atoms with Gasteiger partial charge in [-0.25, -0.2) is 9.86 Å². The van der Waals surface area contributed by atoms with E-state index < -0.39 is 10.2 Å². The third-order valence-electron chi connectivity index (χ3n) is 1.08. The molecule has 0 atom stereocenters. The third-order valence-corrected chi connectivity index (χ3v) is 1.69. The molecule has 0 radical (unpaired) electrons. The molecular weight excluding hydrogens is 180 g/mol. The summed E-state index contributed by atoms with van der Waals surface area (Å²) in [7, 11) is -3.45. The Morgan fingerprint density at radius 3 is 2.17 bits per heavy atom. The number of unbranched alkanes of at least 4 members (excludes halogenated alkanes) is 2. The molecule has 0 fully saturated rings.